The lowest BCUT2D eigenvalue weighted by atomic mass is 10.1. The van der Waals surface area contributed by atoms with Crippen molar-refractivity contribution in [2.24, 2.45) is 5.84 Å². The van der Waals surface area contributed by atoms with Crippen molar-refractivity contribution >= 4 is 39.0 Å². The van der Waals surface area contributed by atoms with Crippen LogP contribution in [0.2, 0.25) is 0 Å². The van der Waals surface area contributed by atoms with Crippen LogP contribution in [0.3, 0.4) is 0 Å². The number of hydrazine groups is 1. The summed E-state index contributed by atoms with van der Waals surface area (Å²) in [5.74, 6) is 6.59. The number of hydrogen-bond acceptors (Lipinski definition) is 6. The van der Waals surface area contributed by atoms with Gasteiger partial charge in [0, 0.05) is 5.69 Å². The largest absolute Gasteiger partial charge is 0.340 e. The van der Waals surface area contributed by atoms with Crippen molar-refractivity contribution in [1.29, 1.82) is 0 Å². The Morgan fingerprint density at radius 2 is 2.15 bits per heavy atom. The number of anilines is 3. The van der Waals surface area contributed by atoms with Crippen molar-refractivity contribution in [2.75, 3.05) is 10.7 Å². The van der Waals surface area contributed by atoms with E-state index in [0.29, 0.717) is 5.95 Å². The normalized spacial score (nSPS) is 10.7. The fourth-order valence-electron chi connectivity index (χ4n) is 2.02. The predicted molar refractivity (Wildman–Crippen MR) is 84.3 cm³/mol. The highest BCUT2D eigenvalue weighted by atomic mass is 32.1. The molecule has 0 aliphatic heterocycles. The van der Waals surface area contributed by atoms with Crippen molar-refractivity contribution in [3.63, 3.8) is 0 Å². The Bertz CT molecular complexity index is 737. The van der Waals surface area contributed by atoms with E-state index in [1.165, 1.54) is 5.56 Å². The smallest absolute Gasteiger partial charge is 0.240 e. The van der Waals surface area contributed by atoms with Crippen molar-refractivity contribution in [3.8, 4) is 0 Å². The lowest BCUT2D eigenvalue weighted by Gasteiger charge is -2.09. The fourth-order valence-corrected chi connectivity index (χ4v) is 2.78. The van der Waals surface area contributed by atoms with E-state index >= 15 is 0 Å². The average molecular weight is 285 g/mol. The summed E-state index contributed by atoms with van der Waals surface area (Å²) in [4.78, 5) is 9.62. The van der Waals surface area contributed by atoms with E-state index in [0.717, 1.165) is 28.1 Å². The van der Waals surface area contributed by atoms with Gasteiger partial charge in [0.15, 0.2) is 0 Å². The number of nitrogens with zero attached hydrogens (tertiary/aromatic N) is 2. The first-order chi connectivity index (χ1) is 9.80. The Hall–Kier alpha value is -2.18. The maximum atomic E-state index is 5.42. The standard InChI is InChI=1S/C14H15N5S/c1-2-9-4-3-5-10(8-9)16-12-11-6-7-20-13(11)18-14(17-12)19-15/h3-8H,2,15H2,1H3,(H2,16,17,18,19). The maximum absolute atomic E-state index is 5.42. The molecule has 1 aromatic carbocycles. The van der Waals surface area contributed by atoms with Crippen LogP contribution >= 0.6 is 11.3 Å². The molecule has 0 spiro atoms. The molecule has 0 atom stereocenters. The van der Waals surface area contributed by atoms with Gasteiger partial charge < -0.3 is 5.32 Å². The monoisotopic (exact) mass is 285 g/mol. The van der Waals surface area contributed by atoms with Crippen LogP contribution in [-0.4, -0.2) is 9.97 Å². The van der Waals surface area contributed by atoms with E-state index in [1.807, 2.05) is 23.6 Å². The summed E-state index contributed by atoms with van der Waals surface area (Å²) >= 11 is 1.56. The van der Waals surface area contributed by atoms with Crippen molar-refractivity contribution in [3.05, 3.63) is 41.3 Å². The highest BCUT2D eigenvalue weighted by molar-refractivity contribution is 7.16. The summed E-state index contributed by atoms with van der Waals surface area (Å²) in [5.41, 5.74) is 4.79. The number of aryl methyl sites for hydroxylation is 1. The van der Waals surface area contributed by atoms with Gasteiger partial charge in [-0.2, -0.15) is 4.98 Å². The van der Waals surface area contributed by atoms with Crippen LogP contribution in [0.15, 0.2) is 35.7 Å². The number of nitrogens with two attached hydrogens (primary N) is 1. The molecule has 3 rings (SSSR count). The zero-order valence-corrected chi connectivity index (χ0v) is 11.9. The molecule has 3 aromatic rings. The molecule has 5 nitrogen and oxygen atoms in total. The molecule has 2 heterocycles. The molecular weight excluding hydrogens is 270 g/mol. The molecular formula is C14H15N5S. The highest BCUT2D eigenvalue weighted by Crippen LogP contribution is 2.28. The minimum absolute atomic E-state index is 0.411. The number of nitrogen functional groups attached to an aromatic ring is 1. The molecule has 0 saturated heterocycles. The maximum Gasteiger partial charge on any atom is 0.240 e. The fraction of sp³-hybridized carbons (Fsp3) is 0.143. The summed E-state index contributed by atoms with van der Waals surface area (Å²) in [5, 5.41) is 6.33. The molecule has 0 aliphatic rings. The van der Waals surface area contributed by atoms with Crippen LogP contribution in [-0.2, 0) is 6.42 Å². The van der Waals surface area contributed by atoms with E-state index in [2.05, 4.69) is 39.8 Å². The van der Waals surface area contributed by atoms with Gasteiger partial charge in [-0.1, -0.05) is 19.1 Å². The second-order valence-electron chi connectivity index (χ2n) is 4.36. The Morgan fingerprint density at radius 1 is 1.25 bits per heavy atom. The Balaban J connectivity index is 2.02. The van der Waals surface area contributed by atoms with Crippen LogP contribution in [0.5, 0.6) is 0 Å². The van der Waals surface area contributed by atoms with Gasteiger partial charge >= 0.3 is 0 Å². The minimum Gasteiger partial charge on any atom is -0.340 e. The number of aromatic nitrogens is 2. The zero-order valence-electron chi connectivity index (χ0n) is 11.1. The quantitative estimate of drug-likeness (QED) is 0.506. The summed E-state index contributed by atoms with van der Waals surface area (Å²) in [6, 6.07) is 10.3. The van der Waals surface area contributed by atoms with E-state index < -0.39 is 0 Å². The third kappa shape index (κ3) is 2.43. The van der Waals surface area contributed by atoms with Crippen molar-refractivity contribution in [2.45, 2.75) is 13.3 Å². The molecule has 0 bridgehead atoms. The summed E-state index contributed by atoms with van der Waals surface area (Å²) < 4.78 is 0. The van der Waals surface area contributed by atoms with Gasteiger partial charge in [0.1, 0.15) is 10.6 Å². The second-order valence-corrected chi connectivity index (χ2v) is 5.25. The van der Waals surface area contributed by atoms with Gasteiger partial charge in [-0.05, 0) is 35.6 Å². The zero-order chi connectivity index (χ0) is 13.9. The van der Waals surface area contributed by atoms with E-state index in [4.69, 9.17) is 5.84 Å². The molecule has 0 amide bonds. The van der Waals surface area contributed by atoms with Crippen LogP contribution < -0.4 is 16.6 Å². The third-order valence-electron chi connectivity index (χ3n) is 3.05. The van der Waals surface area contributed by atoms with Crippen LogP contribution in [0, 0.1) is 0 Å². The first-order valence-corrected chi connectivity index (χ1v) is 7.26. The Kier molecular flexibility index (Phi) is 3.49. The number of benzene rings is 1. The predicted octanol–water partition coefficient (Wildman–Crippen LogP) is 3.28. The topological polar surface area (TPSA) is 75.9 Å². The van der Waals surface area contributed by atoms with E-state index in [1.54, 1.807) is 11.3 Å². The number of rotatable bonds is 4. The first-order valence-electron chi connectivity index (χ1n) is 6.38. The molecule has 0 unspecified atom stereocenters. The van der Waals surface area contributed by atoms with Gasteiger partial charge in [-0.3, -0.25) is 5.43 Å². The minimum atomic E-state index is 0.411. The number of nitrogens with one attached hydrogen (secondary N) is 2. The number of hydrogen-bond donors (Lipinski definition) is 3. The molecule has 6 heteroatoms. The average Bonchev–Trinajstić information content (AvgIpc) is 2.96. The molecule has 20 heavy (non-hydrogen) atoms. The molecule has 0 fully saturated rings. The summed E-state index contributed by atoms with van der Waals surface area (Å²) in [6.07, 6.45) is 1.00. The van der Waals surface area contributed by atoms with Crippen molar-refractivity contribution < 1.29 is 0 Å². The van der Waals surface area contributed by atoms with E-state index in [-0.39, 0.29) is 0 Å². The lowest BCUT2D eigenvalue weighted by molar-refractivity contribution is 1.14. The molecule has 2 aromatic heterocycles. The summed E-state index contributed by atoms with van der Waals surface area (Å²) in [7, 11) is 0. The first kappa shape index (κ1) is 12.8. The van der Waals surface area contributed by atoms with E-state index in [9.17, 15) is 0 Å². The second kappa shape index (κ2) is 5.44. The molecule has 0 radical (unpaired) electrons. The van der Waals surface area contributed by atoms with Gasteiger partial charge in [0.2, 0.25) is 5.95 Å². The van der Waals surface area contributed by atoms with Crippen LogP contribution in [0.4, 0.5) is 17.5 Å². The molecule has 102 valence electrons. The number of thiophene rings is 1. The molecule has 0 saturated carbocycles. The highest BCUT2D eigenvalue weighted by Gasteiger charge is 2.08. The van der Waals surface area contributed by atoms with Gasteiger partial charge in [-0.15, -0.1) is 11.3 Å². The van der Waals surface area contributed by atoms with Crippen LogP contribution in [0.25, 0.3) is 10.2 Å². The SMILES string of the molecule is CCc1cccc(Nc2nc(NN)nc3sccc23)c1. The van der Waals surface area contributed by atoms with Crippen molar-refractivity contribution in [1.82, 2.24) is 9.97 Å². The Labute approximate surface area is 120 Å². The third-order valence-corrected chi connectivity index (χ3v) is 3.86. The Morgan fingerprint density at radius 3 is 2.95 bits per heavy atom. The number of fused-ring (bicyclic) bond motifs is 1. The van der Waals surface area contributed by atoms with Gasteiger partial charge in [0.05, 0.1) is 5.39 Å². The molecule has 0 aliphatic carbocycles. The molecule has 4 N–H and O–H groups in total. The summed E-state index contributed by atoms with van der Waals surface area (Å²) in [6.45, 7) is 2.14. The van der Waals surface area contributed by atoms with Gasteiger partial charge in [0.25, 0.3) is 0 Å². The van der Waals surface area contributed by atoms with Gasteiger partial charge in [-0.25, -0.2) is 10.8 Å². The lowest BCUT2D eigenvalue weighted by Crippen LogP contribution is -2.11. The van der Waals surface area contributed by atoms with Crippen LogP contribution in [0.1, 0.15) is 12.5 Å².